The van der Waals surface area contributed by atoms with Crippen LogP contribution in [0.1, 0.15) is 35.1 Å². The van der Waals surface area contributed by atoms with Crippen LogP contribution in [-0.2, 0) is 14.9 Å². The maximum atomic E-state index is 13.0. The molecule has 4 aromatic rings. The number of rotatable bonds is 6. The zero-order valence-electron chi connectivity index (χ0n) is 19.8. The zero-order chi connectivity index (χ0) is 24.4. The quantitative estimate of drug-likeness (QED) is 0.379. The third-order valence-electron chi connectivity index (χ3n) is 7.55. The van der Waals surface area contributed by atoms with Gasteiger partial charge in [0.25, 0.3) is 5.88 Å². The highest BCUT2D eigenvalue weighted by Gasteiger charge is 2.65. The Morgan fingerprint density at radius 3 is 2.78 bits per heavy atom. The van der Waals surface area contributed by atoms with E-state index < -0.39 is 5.41 Å². The molecule has 2 aliphatic heterocycles. The van der Waals surface area contributed by atoms with Crippen LogP contribution in [-0.4, -0.2) is 53.5 Å². The monoisotopic (exact) mass is 484 g/mol. The first-order chi connectivity index (χ1) is 17.6. The van der Waals surface area contributed by atoms with Gasteiger partial charge in [0.1, 0.15) is 5.75 Å². The first-order valence-electron chi connectivity index (χ1n) is 11.8. The molecule has 3 N–H and O–H groups in total. The molecule has 2 aromatic heterocycles. The van der Waals surface area contributed by atoms with Gasteiger partial charge in [-0.2, -0.15) is 5.10 Å². The van der Waals surface area contributed by atoms with Gasteiger partial charge in [-0.15, -0.1) is 0 Å². The zero-order valence-corrected chi connectivity index (χ0v) is 19.8. The number of methoxy groups -OCH3 is 2. The Balaban J connectivity index is 1.19. The third-order valence-corrected chi connectivity index (χ3v) is 7.55. The number of fused-ring (bicyclic) bond motifs is 3. The normalized spacial score (nSPS) is 22.3. The van der Waals surface area contributed by atoms with Crippen LogP contribution in [0.4, 0.5) is 17.3 Å². The van der Waals surface area contributed by atoms with Gasteiger partial charge in [-0.3, -0.25) is 9.89 Å². The predicted octanol–water partition coefficient (Wildman–Crippen LogP) is 3.60. The minimum atomic E-state index is -0.548. The molecule has 1 spiro atoms. The Labute approximate surface area is 206 Å². The molecule has 182 valence electrons. The maximum Gasteiger partial charge on any atom is 0.257 e. The van der Waals surface area contributed by atoms with Gasteiger partial charge in [-0.05, 0) is 47.9 Å². The summed E-state index contributed by atoms with van der Waals surface area (Å²) in [6, 6.07) is 11.9. The van der Waals surface area contributed by atoms with Gasteiger partial charge in [0.05, 0.1) is 50.3 Å². The number of nitrogens with zero attached hydrogens (tertiary/aromatic N) is 3. The number of anilines is 3. The molecule has 1 saturated heterocycles. The van der Waals surface area contributed by atoms with Crippen molar-refractivity contribution < 1.29 is 19.0 Å². The van der Waals surface area contributed by atoms with E-state index in [1.54, 1.807) is 20.4 Å². The second kappa shape index (κ2) is 7.66. The van der Waals surface area contributed by atoms with E-state index >= 15 is 0 Å². The van der Waals surface area contributed by atoms with Gasteiger partial charge in [0.15, 0.2) is 11.6 Å². The third kappa shape index (κ3) is 3.00. The average Bonchev–Trinajstić information content (AvgIpc) is 3.41. The summed E-state index contributed by atoms with van der Waals surface area (Å²) >= 11 is 0. The fourth-order valence-corrected chi connectivity index (χ4v) is 5.39. The van der Waals surface area contributed by atoms with E-state index in [2.05, 4.69) is 37.9 Å². The van der Waals surface area contributed by atoms with Crippen LogP contribution >= 0.6 is 0 Å². The van der Waals surface area contributed by atoms with E-state index in [1.165, 1.54) is 0 Å². The molecule has 3 aliphatic rings. The largest absolute Gasteiger partial charge is 0.497 e. The van der Waals surface area contributed by atoms with E-state index in [-0.39, 0.29) is 17.7 Å². The summed E-state index contributed by atoms with van der Waals surface area (Å²) in [7, 11) is 3.20. The number of carbonyl (C=O) groups is 1. The van der Waals surface area contributed by atoms with Crippen molar-refractivity contribution in [1.29, 1.82) is 0 Å². The van der Waals surface area contributed by atoms with E-state index in [0.29, 0.717) is 30.7 Å². The lowest BCUT2D eigenvalue weighted by atomic mass is 9.91. The molecule has 4 heterocycles. The van der Waals surface area contributed by atoms with Crippen LogP contribution < -0.4 is 20.1 Å². The molecule has 1 amide bonds. The van der Waals surface area contributed by atoms with E-state index in [9.17, 15) is 4.79 Å². The summed E-state index contributed by atoms with van der Waals surface area (Å²) in [5.74, 6) is 2.66. The molecule has 0 bridgehead atoms. The minimum absolute atomic E-state index is 0.0465. The van der Waals surface area contributed by atoms with Crippen molar-refractivity contribution in [2.75, 3.05) is 38.1 Å². The molecule has 1 saturated carbocycles. The maximum absolute atomic E-state index is 13.0. The Bertz CT molecular complexity index is 1530. The number of amides is 1. The number of ether oxygens (including phenoxy) is 3. The van der Waals surface area contributed by atoms with Crippen LogP contribution in [0.25, 0.3) is 10.9 Å². The summed E-state index contributed by atoms with van der Waals surface area (Å²) in [5.41, 5.74) is 4.14. The summed E-state index contributed by atoms with van der Waals surface area (Å²) in [6.07, 6.45) is 2.48. The fraction of sp³-hybridized carbons (Fsp3) is 0.308. The molecule has 2 aromatic carbocycles. The van der Waals surface area contributed by atoms with Crippen molar-refractivity contribution in [2.24, 2.45) is 0 Å². The highest BCUT2D eigenvalue weighted by atomic mass is 16.5. The molecule has 0 radical (unpaired) electrons. The Morgan fingerprint density at radius 2 is 2.00 bits per heavy atom. The van der Waals surface area contributed by atoms with E-state index in [1.807, 2.05) is 24.3 Å². The lowest BCUT2D eigenvalue weighted by molar-refractivity contribution is -0.118. The Kier molecular flexibility index (Phi) is 4.50. The highest BCUT2D eigenvalue weighted by molar-refractivity contribution is 6.10. The van der Waals surface area contributed by atoms with Crippen LogP contribution in [0.15, 0.2) is 42.6 Å². The van der Waals surface area contributed by atoms with Crippen LogP contribution in [0.2, 0.25) is 0 Å². The summed E-state index contributed by atoms with van der Waals surface area (Å²) in [5, 5.41) is 14.8. The second-order valence-electron chi connectivity index (χ2n) is 9.48. The minimum Gasteiger partial charge on any atom is -0.497 e. The highest BCUT2D eigenvalue weighted by Crippen LogP contribution is 2.65. The molecular weight excluding hydrogens is 460 g/mol. The van der Waals surface area contributed by atoms with Gasteiger partial charge < -0.3 is 24.8 Å². The Hall–Kier alpha value is -4.18. The summed E-state index contributed by atoms with van der Waals surface area (Å²) in [4.78, 5) is 22.1. The van der Waals surface area contributed by atoms with E-state index in [0.717, 1.165) is 45.6 Å². The number of H-pyrrole nitrogens is 1. The fourth-order valence-electron chi connectivity index (χ4n) is 5.39. The molecule has 1 aliphatic carbocycles. The number of benzene rings is 2. The topological polar surface area (TPSA) is 123 Å². The lowest BCUT2D eigenvalue weighted by Gasteiger charge is -2.25. The molecule has 36 heavy (non-hydrogen) atoms. The lowest BCUT2D eigenvalue weighted by Crippen LogP contribution is -2.26. The number of carbonyl (C=O) groups excluding carboxylic acids is 1. The van der Waals surface area contributed by atoms with Crippen LogP contribution in [0, 0.1) is 0 Å². The van der Waals surface area contributed by atoms with Crippen molar-refractivity contribution >= 4 is 34.1 Å². The summed E-state index contributed by atoms with van der Waals surface area (Å²) < 4.78 is 16.1. The van der Waals surface area contributed by atoms with Crippen molar-refractivity contribution in [3.8, 4) is 11.6 Å². The van der Waals surface area contributed by atoms with Gasteiger partial charge >= 0.3 is 0 Å². The molecule has 10 heteroatoms. The summed E-state index contributed by atoms with van der Waals surface area (Å²) in [6.45, 7) is 1.29. The van der Waals surface area contributed by atoms with Gasteiger partial charge in [-0.1, -0.05) is 6.07 Å². The number of hydrogen-bond acceptors (Lipinski definition) is 8. The first-order valence-corrected chi connectivity index (χ1v) is 11.8. The van der Waals surface area contributed by atoms with Crippen molar-refractivity contribution in [3.05, 3.63) is 59.4 Å². The SMILES string of the molecule is COc1ccc2c(c1)C1(CC1c1ccc3c(Nc4nc(C5COC5)cnc4OC)n[nH]c3c1)C(=O)N2. The molecule has 10 nitrogen and oxygen atoms in total. The van der Waals surface area contributed by atoms with Gasteiger partial charge in [-0.25, -0.2) is 9.97 Å². The van der Waals surface area contributed by atoms with Crippen molar-refractivity contribution in [2.45, 2.75) is 23.7 Å². The molecule has 7 rings (SSSR count). The molecule has 2 atom stereocenters. The van der Waals surface area contributed by atoms with Crippen molar-refractivity contribution in [3.63, 3.8) is 0 Å². The smallest absolute Gasteiger partial charge is 0.257 e. The molecular formula is C26H24N6O4. The van der Waals surface area contributed by atoms with Crippen LogP contribution in [0.5, 0.6) is 11.6 Å². The average molecular weight is 485 g/mol. The van der Waals surface area contributed by atoms with Crippen molar-refractivity contribution in [1.82, 2.24) is 20.2 Å². The van der Waals surface area contributed by atoms with Gasteiger partial charge in [0, 0.05) is 22.9 Å². The van der Waals surface area contributed by atoms with Crippen LogP contribution in [0.3, 0.4) is 0 Å². The molecule has 2 fully saturated rings. The number of aromatic amines is 1. The second-order valence-corrected chi connectivity index (χ2v) is 9.48. The van der Waals surface area contributed by atoms with Gasteiger partial charge in [0.2, 0.25) is 5.91 Å². The predicted molar refractivity (Wildman–Crippen MR) is 132 cm³/mol. The first kappa shape index (κ1) is 21.1. The standard InChI is InChI=1S/C26H24N6O4/c1-34-15-4-6-19-17(8-15)26(25(33)29-19)9-18(26)13-3-5-16-20(7-13)31-32-22(16)30-23-24(35-2)27-10-21(28-23)14-11-36-12-14/h3-8,10,14,18H,9,11-12H2,1-2H3,(H,29,33)(H2,28,30,31,32). The number of hydrogen-bond donors (Lipinski definition) is 3. The van der Waals surface area contributed by atoms with E-state index in [4.69, 9.17) is 19.2 Å². The molecule has 2 unspecified atom stereocenters. The number of nitrogens with one attached hydrogen (secondary N) is 3. The Morgan fingerprint density at radius 1 is 1.11 bits per heavy atom. The number of aromatic nitrogens is 4.